The zero-order chi connectivity index (χ0) is 15.5. The minimum Gasteiger partial charge on any atom is -0.356 e. The zero-order valence-electron chi connectivity index (χ0n) is 10.9. The highest BCUT2D eigenvalue weighted by molar-refractivity contribution is 7.44. The van der Waals surface area contributed by atoms with Gasteiger partial charge in [-0.25, -0.2) is 0 Å². The van der Waals surface area contributed by atoms with E-state index in [0.717, 1.165) is 0 Å². The van der Waals surface area contributed by atoms with Crippen LogP contribution in [0, 0.1) is 0 Å². The maximum absolute atomic E-state index is 11.2. The van der Waals surface area contributed by atoms with Crippen molar-refractivity contribution in [2.75, 3.05) is 20.5 Å². The molecule has 1 unspecified atom stereocenters. The molecule has 20 heavy (non-hydrogen) atoms. The molecule has 114 valence electrons. The zero-order valence-corrected chi connectivity index (χ0v) is 12.5. The molecule has 0 spiro atoms. The fourth-order valence-corrected chi connectivity index (χ4v) is 1.44. The van der Waals surface area contributed by atoms with Crippen LogP contribution in [0.15, 0.2) is 23.5 Å². The van der Waals surface area contributed by atoms with Crippen molar-refractivity contribution in [2.45, 2.75) is 6.29 Å². The fraction of sp³-hybridized carbons (Fsp3) is 0.400. The molecule has 2 amide bonds. The van der Waals surface area contributed by atoms with Crippen LogP contribution < -0.4 is 5.32 Å². The van der Waals surface area contributed by atoms with Gasteiger partial charge >= 0.3 is 0 Å². The molecule has 0 saturated carbocycles. The Morgan fingerprint density at radius 1 is 1.55 bits per heavy atom. The molecule has 0 saturated heterocycles. The molecule has 8 nitrogen and oxygen atoms in total. The van der Waals surface area contributed by atoms with Crippen molar-refractivity contribution in [3.05, 3.63) is 23.5 Å². The summed E-state index contributed by atoms with van der Waals surface area (Å²) in [7, 11) is 0.809. The summed E-state index contributed by atoms with van der Waals surface area (Å²) in [5, 5.41) is 1.70. The van der Waals surface area contributed by atoms with E-state index in [0.29, 0.717) is 0 Å². The first-order valence-electron chi connectivity index (χ1n) is 5.22. The van der Waals surface area contributed by atoms with Crippen LogP contribution in [-0.4, -0.2) is 53.8 Å². The lowest BCUT2D eigenvalue weighted by molar-refractivity contribution is -0.122. The van der Waals surface area contributed by atoms with Crippen molar-refractivity contribution in [1.82, 2.24) is 10.2 Å². The van der Waals surface area contributed by atoms with Gasteiger partial charge in [-0.3, -0.25) is 14.9 Å². The van der Waals surface area contributed by atoms with Crippen LogP contribution in [0.4, 0.5) is 0 Å². The molecule has 0 aromatic heterocycles. The van der Waals surface area contributed by atoms with Gasteiger partial charge in [0.15, 0.2) is 14.7 Å². The standard InChI is InChI=1S/C10H16ClN2O6P/c1-13(5-8(11)10(15)12-6-14)4-3-9(18-2)19-7-20(16)17/h3-6,9,16-17H,7H2,1-2H3,(H,12,14,15)/b4-3-,8-5+. The third-order valence-corrected chi connectivity index (χ3v) is 2.44. The van der Waals surface area contributed by atoms with Gasteiger partial charge in [0.2, 0.25) is 6.41 Å². The first kappa shape index (κ1) is 19.0. The number of methoxy groups -OCH3 is 1. The molecular weight excluding hydrogens is 311 g/mol. The molecule has 0 aliphatic rings. The lowest BCUT2D eigenvalue weighted by atomic mass is 10.5. The Hall–Kier alpha value is -1.02. The van der Waals surface area contributed by atoms with E-state index < -0.39 is 20.6 Å². The highest BCUT2D eigenvalue weighted by Crippen LogP contribution is 2.23. The van der Waals surface area contributed by atoms with Crippen LogP contribution in [0.25, 0.3) is 0 Å². The molecule has 10 heteroatoms. The molecule has 3 N–H and O–H groups in total. The van der Waals surface area contributed by atoms with Crippen molar-refractivity contribution < 1.29 is 28.8 Å². The molecule has 0 rings (SSSR count). The van der Waals surface area contributed by atoms with Crippen molar-refractivity contribution in [1.29, 1.82) is 0 Å². The monoisotopic (exact) mass is 326 g/mol. The summed E-state index contributed by atoms with van der Waals surface area (Å²) in [5.41, 5.74) is 0. The average molecular weight is 327 g/mol. The predicted octanol–water partition coefficient (Wildman–Crippen LogP) is 0.0278. The van der Waals surface area contributed by atoms with E-state index in [2.05, 4.69) is 0 Å². The number of amides is 2. The molecule has 0 aliphatic heterocycles. The van der Waals surface area contributed by atoms with Crippen molar-refractivity contribution >= 4 is 32.3 Å². The van der Waals surface area contributed by atoms with Crippen LogP contribution in [0.3, 0.4) is 0 Å². The maximum atomic E-state index is 11.2. The van der Waals surface area contributed by atoms with E-state index in [1.54, 1.807) is 7.05 Å². The summed E-state index contributed by atoms with van der Waals surface area (Å²) >= 11 is 5.65. The molecule has 1 atom stereocenters. The van der Waals surface area contributed by atoms with Crippen LogP contribution >= 0.6 is 20.0 Å². The number of hydrogen-bond acceptors (Lipinski definition) is 7. The van der Waals surface area contributed by atoms with Crippen molar-refractivity contribution in [3.8, 4) is 0 Å². The smallest absolute Gasteiger partial charge is 0.270 e. The van der Waals surface area contributed by atoms with Crippen molar-refractivity contribution in [2.24, 2.45) is 0 Å². The van der Waals surface area contributed by atoms with E-state index >= 15 is 0 Å². The summed E-state index contributed by atoms with van der Waals surface area (Å²) in [4.78, 5) is 40.1. The Labute approximate surface area is 122 Å². The van der Waals surface area contributed by atoms with Gasteiger partial charge in [-0.05, 0) is 6.08 Å². The molecular formula is C10H16ClN2O6P. The third-order valence-electron chi connectivity index (χ3n) is 1.79. The molecule has 0 radical (unpaired) electrons. The van der Waals surface area contributed by atoms with E-state index in [1.807, 2.05) is 5.32 Å². The third kappa shape index (κ3) is 8.98. The van der Waals surface area contributed by atoms with E-state index in [4.69, 9.17) is 30.9 Å². The second-order valence-electron chi connectivity index (χ2n) is 3.35. The number of carbonyl (C=O) groups is 2. The molecule has 0 aliphatic carbocycles. The van der Waals surface area contributed by atoms with Gasteiger partial charge in [-0.2, -0.15) is 0 Å². The number of imide groups is 1. The lowest BCUT2D eigenvalue weighted by Crippen LogP contribution is -2.22. The Bertz CT molecular complexity index is 377. The van der Waals surface area contributed by atoms with Crippen LogP contribution in [0.2, 0.25) is 0 Å². The first-order chi connectivity index (χ1) is 9.40. The van der Waals surface area contributed by atoms with Crippen LogP contribution in [0.1, 0.15) is 0 Å². The minimum atomic E-state index is -2.16. The number of carbonyl (C=O) groups excluding carboxylic acids is 2. The number of halogens is 1. The largest absolute Gasteiger partial charge is 0.356 e. The quantitative estimate of drug-likeness (QED) is 0.237. The Kier molecular flexibility index (Phi) is 10.2. The summed E-state index contributed by atoms with van der Waals surface area (Å²) in [6.45, 7) is 0. The van der Waals surface area contributed by atoms with E-state index in [1.165, 1.54) is 30.5 Å². The number of nitrogens with one attached hydrogen (secondary N) is 1. The summed E-state index contributed by atoms with van der Waals surface area (Å²) in [5.74, 6) is -0.729. The van der Waals surface area contributed by atoms with Gasteiger partial charge in [-0.1, -0.05) is 11.6 Å². The van der Waals surface area contributed by atoms with E-state index in [-0.39, 0.29) is 17.8 Å². The number of ether oxygens (including phenoxy) is 2. The molecule has 0 bridgehead atoms. The van der Waals surface area contributed by atoms with Crippen LogP contribution in [0.5, 0.6) is 0 Å². The first-order valence-corrected chi connectivity index (χ1v) is 7.03. The lowest BCUT2D eigenvalue weighted by Gasteiger charge is -2.14. The van der Waals surface area contributed by atoms with Crippen LogP contribution in [-0.2, 0) is 19.1 Å². The highest BCUT2D eigenvalue weighted by Gasteiger charge is 2.08. The van der Waals surface area contributed by atoms with Gasteiger partial charge in [0.25, 0.3) is 5.91 Å². The summed E-state index contributed by atoms with van der Waals surface area (Å²) in [6, 6.07) is 0. The minimum absolute atomic E-state index is 0.187. The second kappa shape index (κ2) is 10.7. The second-order valence-corrected chi connectivity index (χ2v) is 4.76. The topological polar surface area (TPSA) is 108 Å². The molecule has 0 aromatic rings. The van der Waals surface area contributed by atoms with E-state index in [9.17, 15) is 9.59 Å². The van der Waals surface area contributed by atoms with Gasteiger partial charge < -0.3 is 24.2 Å². The van der Waals surface area contributed by atoms with Crippen molar-refractivity contribution in [3.63, 3.8) is 0 Å². The molecule has 0 heterocycles. The summed E-state index contributed by atoms with van der Waals surface area (Å²) < 4.78 is 9.92. The fourth-order valence-electron chi connectivity index (χ4n) is 0.951. The number of hydrogen-bond donors (Lipinski definition) is 3. The Balaban J connectivity index is 4.44. The SMILES string of the molecule is COC(/C=C\N(C)/C=C(/Cl)C(=O)NC=O)OCP(O)O. The normalized spacial score (nSPS) is 13.6. The number of rotatable bonds is 9. The van der Waals surface area contributed by atoms with Gasteiger partial charge in [0.05, 0.1) is 0 Å². The molecule has 0 aromatic carbocycles. The van der Waals surface area contributed by atoms with Gasteiger partial charge in [-0.15, -0.1) is 0 Å². The summed E-state index contributed by atoms with van der Waals surface area (Å²) in [6.07, 6.45) is 3.43. The highest BCUT2D eigenvalue weighted by atomic mass is 35.5. The number of nitrogens with zero attached hydrogens (tertiary/aromatic N) is 1. The van der Waals surface area contributed by atoms with Gasteiger partial charge in [0, 0.05) is 26.6 Å². The molecule has 0 fully saturated rings. The Morgan fingerprint density at radius 2 is 2.20 bits per heavy atom. The van der Waals surface area contributed by atoms with Gasteiger partial charge in [0.1, 0.15) is 11.4 Å². The predicted molar refractivity (Wildman–Crippen MR) is 73.2 cm³/mol. The average Bonchev–Trinajstić information content (AvgIpc) is 2.38. The maximum Gasteiger partial charge on any atom is 0.270 e. The Morgan fingerprint density at radius 3 is 2.70 bits per heavy atom.